The van der Waals surface area contributed by atoms with E-state index in [2.05, 4.69) is 4.98 Å². The summed E-state index contributed by atoms with van der Waals surface area (Å²) in [5.74, 6) is -2.37. The first kappa shape index (κ1) is 12.0. The van der Waals surface area contributed by atoms with E-state index in [0.717, 1.165) is 4.90 Å². The van der Waals surface area contributed by atoms with Crippen LogP contribution in [0.5, 0.6) is 0 Å². The van der Waals surface area contributed by atoms with Crippen LogP contribution in [0.1, 0.15) is 30.0 Å². The van der Waals surface area contributed by atoms with Crippen molar-refractivity contribution in [2.24, 2.45) is 17.3 Å². The lowest BCUT2D eigenvalue weighted by atomic mass is 10.1. The molecule has 1 saturated heterocycles. The summed E-state index contributed by atoms with van der Waals surface area (Å²) >= 11 is 0. The molecule has 1 saturated carbocycles. The maximum Gasteiger partial charge on any atom is 0.354 e. The maximum absolute atomic E-state index is 12.3. The lowest BCUT2D eigenvalue weighted by molar-refractivity contribution is -0.125. The highest BCUT2D eigenvalue weighted by molar-refractivity contribution is 6.27. The van der Waals surface area contributed by atoms with Gasteiger partial charge in [0.15, 0.2) is 0 Å². The Balaban J connectivity index is 2.04. The monoisotopic (exact) mass is 262 g/mol. The number of imide groups is 1. The predicted molar refractivity (Wildman–Crippen MR) is 65.7 cm³/mol. The number of nitrogens with one attached hydrogen (secondary N) is 1. The van der Waals surface area contributed by atoms with Crippen molar-refractivity contribution in [3.63, 3.8) is 0 Å². The van der Waals surface area contributed by atoms with Crippen molar-refractivity contribution in [1.29, 1.82) is 0 Å². The van der Waals surface area contributed by atoms with Gasteiger partial charge in [0.1, 0.15) is 5.69 Å². The fourth-order valence-corrected chi connectivity index (χ4v) is 3.10. The predicted octanol–water partition coefficient (Wildman–Crippen LogP) is 1.17. The van der Waals surface area contributed by atoms with E-state index < -0.39 is 5.97 Å². The van der Waals surface area contributed by atoms with Gasteiger partial charge in [-0.05, 0) is 18.4 Å². The Kier molecular flexibility index (Phi) is 2.05. The Hall–Kier alpha value is -2.11. The van der Waals surface area contributed by atoms with Crippen LogP contribution < -0.4 is 4.90 Å². The van der Waals surface area contributed by atoms with E-state index in [4.69, 9.17) is 5.11 Å². The SMILES string of the molecule is Cc1cc(N2C(=O)C3C(C2=O)C3(C)C)c(C(=O)O)[nH]1. The number of carboxylic acids is 1. The maximum atomic E-state index is 12.3. The molecule has 19 heavy (non-hydrogen) atoms. The largest absolute Gasteiger partial charge is 0.477 e. The normalized spacial score (nSPS) is 27.6. The first-order valence-electron chi connectivity index (χ1n) is 6.07. The molecule has 1 aromatic rings. The highest BCUT2D eigenvalue weighted by Crippen LogP contribution is 2.63. The van der Waals surface area contributed by atoms with Crippen LogP contribution in [0.4, 0.5) is 5.69 Å². The molecule has 3 rings (SSSR count). The number of carbonyl (C=O) groups excluding carboxylic acids is 2. The molecule has 0 aromatic carbocycles. The number of anilines is 1. The molecule has 2 N–H and O–H groups in total. The fourth-order valence-electron chi connectivity index (χ4n) is 3.10. The average Bonchev–Trinajstić information content (AvgIpc) is 2.56. The quantitative estimate of drug-likeness (QED) is 0.783. The van der Waals surface area contributed by atoms with E-state index in [-0.39, 0.29) is 40.4 Å². The highest BCUT2D eigenvalue weighted by Gasteiger charge is 2.72. The van der Waals surface area contributed by atoms with Crippen LogP contribution in [0, 0.1) is 24.2 Å². The topological polar surface area (TPSA) is 90.5 Å². The van der Waals surface area contributed by atoms with Crippen LogP contribution in [0.3, 0.4) is 0 Å². The van der Waals surface area contributed by atoms with Gasteiger partial charge in [0.25, 0.3) is 0 Å². The molecule has 6 nitrogen and oxygen atoms in total. The third-order valence-electron chi connectivity index (χ3n) is 4.19. The zero-order valence-electron chi connectivity index (χ0n) is 10.9. The third kappa shape index (κ3) is 1.34. The average molecular weight is 262 g/mol. The van der Waals surface area contributed by atoms with Crippen molar-refractivity contribution < 1.29 is 19.5 Å². The Morgan fingerprint density at radius 3 is 2.32 bits per heavy atom. The first-order chi connectivity index (χ1) is 8.76. The van der Waals surface area contributed by atoms with Crippen molar-refractivity contribution in [2.45, 2.75) is 20.8 Å². The molecule has 0 radical (unpaired) electrons. The summed E-state index contributed by atoms with van der Waals surface area (Å²) in [6.07, 6.45) is 0. The van der Waals surface area contributed by atoms with Crippen LogP contribution in [-0.4, -0.2) is 27.9 Å². The first-order valence-corrected chi connectivity index (χ1v) is 6.07. The second-order valence-electron chi connectivity index (χ2n) is 5.81. The number of nitrogens with zero attached hydrogens (tertiary/aromatic N) is 1. The molecule has 1 aliphatic heterocycles. The van der Waals surface area contributed by atoms with Gasteiger partial charge >= 0.3 is 5.97 Å². The van der Waals surface area contributed by atoms with Gasteiger partial charge in [-0.15, -0.1) is 0 Å². The molecule has 2 fully saturated rings. The molecule has 100 valence electrons. The number of rotatable bonds is 2. The number of carbonyl (C=O) groups is 3. The second-order valence-corrected chi connectivity index (χ2v) is 5.81. The van der Waals surface area contributed by atoms with E-state index in [1.165, 1.54) is 6.07 Å². The smallest absolute Gasteiger partial charge is 0.354 e. The summed E-state index contributed by atoms with van der Waals surface area (Å²) in [5, 5.41) is 9.11. The third-order valence-corrected chi connectivity index (χ3v) is 4.19. The molecule has 2 unspecified atom stereocenters. The molecule has 2 amide bonds. The van der Waals surface area contributed by atoms with Crippen molar-refractivity contribution >= 4 is 23.5 Å². The molecule has 0 bridgehead atoms. The van der Waals surface area contributed by atoms with E-state index in [9.17, 15) is 14.4 Å². The Morgan fingerprint density at radius 2 is 1.84 bits per heavy atom. The van der Waals surface area contributed by atoms with E-state index in [0.29, 0.717) is 5.69 Å². The van der Waals surface area contributed by atoms with Crippen LogP contribution in [0.2, 0.25) is 0 Å². The van der Waals surface area contributed by atoms with Gasteiger partial charge in [0, 0.05) is 5.69 Å². The molecule has 2 heterocycles. The molecule has 1 aromatic heterocycles. The molecular formula is C13H14N2O4. The summed E-state index contributed by atoms with van der Waals surface area (Å²) in [5.41, 5.74) is 0.355. The minimum Gasteiger partial charge on any atom is -0.477 e. The molecular weight excluding hydrogens is 248 g/mol. The van der Waals surface area contributed by atoms with E-state index in [1.807, 2.05) is 13.8 Å². The van der Waals surface area contributed by atoms with Gasteiger partial charge < -0.3 is 10.1 Å². The number of aromatic amines is 1. The van der Waals surface area contributed by atoms with Crippen LogP contribution >= 0.6 is 0 Å². The molecule has 2 aliphatic rings. The number of aryl methyl sites for hydroxylation is 1. The number of hydrogen-bond donors (Lipinski definition) is 2. The Bertz CT molecular complexity index is 605. The zero-order valence-corrected chi connectivity index (χ0v) is 10.9. The number of carboxylic acid groups (broad SMARTS) is 1. The van der Waals surface area contributed by atoms with Gasteiger partial charge in [0.2, 0.25) is 11.8 Å². The number of aromatic carboxylic acids is 1. The van der Waals surface area contributed by atoms with Crippen LogP contribution in [-0.2, 0) is 9.59 Å². The minimum atomic E-state index is -1.18. The molecule has 1 aliphatic carbocycles. The summed E-state index contributed by atoms with van der Waals surface area (Å²) in [4.78, 5) is 39.3. The van der Waals surface area contributed by atoms with E-state index in [1.54, 1.807) is 6.92 Å². The highest BCUT2D eigenvalue weighted by atomic mass is 16.4. The molecule has 6 heteroatoms. The van der Waals surface area contributed by atoms with Crippen LogP contribution in [0.25, 0.3) is 0 Å². The summed E-state index contributed by atoms with van der Waals surface area (Å²) < 4.78 is 0. The fraction of sp³-hybridized carbons (Fsp3) is 0.462. The van der Waals surface area contributed by atoms with Gasteiger partial charge in [-0.2, -0.15) is 0 Å². The van der Waals surface area contributed by atoms with Crippen molar-refractivity contribution in [2.75, 3.05) is 4.90 Å². The lowest BCUT2D eigenvalue weighted by Crippen LogP contribution is -2.36. The molecule has 2 atom stereocenters. The van der Waals surface area contributed by atoms with Crippen molar-refractivity contribution in [1.82, 2.24) is 4.98 Å². The number of fused-ring (bicyclic) bond motifs is 1. The van der Waals surface area contributed by atoms with Gasteiger partial charge in [-0.3, -0.25) is 9.59 Å². The Morgan fingerprint density at radius 1 is 1.32 bits per heavy atom. The molecule has 0 spiro atoms. The number of aromatic nitrogens is 1. The van der Waals surface area contributed by atoms with Gasteiger partial charge in [0.05, 0.1) is 17.5 Å². The van der Waals surface area contributed by atoms with Crippen molar-refractivity contribution in [3.05, 3.63) is 17.5 Å². The summed E-state index contributed by atoms with van der Waals surface area (Å²) in [6.45, 7) is 5.46. The number of piperidine rings is 1. The number of H-pyrrole nitrogens is 1. The van der Waals surface area contributed by atoms with E-state index >= 15 is 0 Å². The Labute approximate surface area is 109 Å². The lowest BCUT2D eigenvalue weighted by Gasteiger charge is -2.19. The number of hydrogen-bond acceptors (Lipinski definition) is 3. The second kappa shape index (κ2) is 3.26. The standard InChI is InChI=1S/C13H14N2O4/c1-5-4-6(9(14-5)12(18)19)15-10(16)7-8(11(15)17)13(7,2)3/h4,7-8,14H,1-3H3,(H,18,19). The van der Waals surface area contributed by atoms with Crippen molar-refractivity contribution in [3.8, 4) is 0 Å². The van der Waals surface area contributed by atoms with Gasteiger partial charge in [-0.1, -0.05) is 13.8 Å². The summed E-state index contributed by atoms with van der Waals surface area (Å²) in [7, 11) is 0. The number of amides is 2. The summed E-state index contributed by atoms with van der Waals surface area (Å²) in [6, 6.07) is 1.52. The zero-order chi connectivity index (χ0) is 14.1. The van der Waals surface area contributed by atoms with Crippen LogP contribution in [0.15, 0.2) is 6.07 Å². The van der Waals surface area contributed by atoms with Gasteiger partial charge in [-0.25, -0.2) is 9.69 Å². The minimum absolute atomic E-state index is 0.113.